The number of carbonyl (C=O) groups excluding carboxylic acids is 1. The molecule has 0 saturated heterocycles. The second-order valence-electron chi connectivity index (χ2n) is 6.93. The number of nitrogens with one attached hydrogen (secondary N) is 1. The van der Waals surface area contributed by atoms with E-state index in [9.17, 15) is 4.79 Å². The van der Waals surface area contributed by atoms with E-state index in [2.05, 4.69) is 41.4 Å². The number of anilines is 1. The van der Waals surface area contributed by atoms with Gasteiger partial charge in [0.2, 0.25) is 0 Å². The quantitative estimate of drug-likeness (QED) is 0.488. The molecule has 2 aromatic rings. The van der Waals surface area contributed by atoms with E-state index in [-0.39, 0.29) is 12.5 Å². The van der Waals surface area contributed by atoms with E-state index in [4.69, 9.17) is 4.74 Å². The molecule has 0 atom stereocenters. The summed E-state index contributed by atoms with van der Waals surface area (Å²) in [6, 6.07) is 14.1. The van der Waals surface area contributed by atoms with E-state index in [1.165, 1.54) is 5.69 Å². The van der Waals surface area contributed by atoms with Crippen LogP contribution in [0.25, 0.3) is 0 Å². The smallest absolute Gasteiger partial charge is 0.277 e. The van der Waals surface area contributed by atoms with E-state index < -0.39 is 0 Å². The van der Waals surface area contributed by atoms with Crippen LogP contribution in [-0.4, -0.2) is 31.8 Å². The van der Waals surface area contributed by atoms with Gasteiger partial charge in [-0.25, -0.2) is 5.43 Å². The number of nitrogens with zero attached hydrogens (tertiary/aromatic N) is 2. The van der Waals surface area contributed by atoms with Crippen molar-refractivity contribution in [3.63, 3.8) is 0 Å². The van der Waals surface area contributed by atoms with Crippen molar-refractivity contribution in [1.29, 1.82) is 0 Å². The van der Waals surface area contributed by atoms with Crippen LogP contribution in [0.3, 0.4) is 0 Å². The summed E-state index contributed by atoms with van der Waals surface area (Å²) in [5.41, 5.74) is 6.76. The van der Waals surface area contributed by atoms with E-state index >= 15 is 0 Å². The molecule has 0 heterocycles. The van der Waals surface area contributed by atoms with Crippen LogP contribution in [0.1, 0.15) is 43.4 Å². The van der Waals surface area contributed by atoms with Gasteiger partial charge in [0.15, 0.2) is 6.61 Å². The summed E-state index contributed by atoms with van der Waals surface area (Å²) in [6.07, 6.45) is 3.89. The molecule has 0 aliphatic rings. The molecule has 0 aliphatic carbocycles. The van der Waals surface area contributed by atoms with Gasteiger partial charge in [-0.1, -0.05) is 38.1 Å². The average Bonchev–Trinajstić information content (AvgIpc) is 2.69. The Bertz CT molecular complexity index is 779. The summed E-state index contributed by atoms with van der Waals surface area (Å²) in [5, 5.41) is 4.02. The largest absolute Gasteiger partial charge is 0.483 e. The molecule has 28 heavy (non-hydrogen) atoms. The number of hydrogen-bond acceptors (Lipinski definition) is 4. The third-order valence-corrected chi connectivity index (χ3v) is 4.35. The number of rotatable bonds is 10. The van der Waals surface area contributed by atoms with Gasteiger partial charge in [0.25, 0.3) is 5.91 Å². The monoisotopic (exact) mass is 381 g/mol. The number of ether oxygens (including phenoxy) is 1. The highest BCUT2D eigenvalue weighted by molar-refractivity contribution is 5.83. The molecule has 0 spiro atoms. The molecule has 2 rings (SSSR count). The van der Waals surface area contributed by atoms with Gasteiger partial charge >= 0.3 is 0 Å². The first-order valence-electron chi connectivity index (χ1n) is 9.90. The van der Waals surface area contributed by atoms with Crippen molar-refractivity contribution >= 4 is 17.8 Å². The third-order valence-electron chi connectivity index (χ3n) is 4.35. The van der Waals surface area contributed by atoms with Crippen LogP contribution in [0.2, 0.25) is 0 Å². The molecule has 0 fully saturated rings. The minimum atomic E-state index is -0.286. The highest BCUT2D eigenvalue weighted by Crippen LogP contribution is 2.19. The van der Waals surface area contributed by atoms with Gasteiger partial charge in [0, 0.05) is 18.8 Å². The number of carbonyl (C=O) groups is 1. The van der Waals surface area contributed by atoms with Crippen LogP contribution >= 0.6 is 0 Å². The van der Waals surface area contributed by atoms with Crippen LogP contribution in [0.4, 0.5) is 5.69 Å². The molecule has 0 unspecified atom stereocenters. The van der Waals surface area contributed by atoms with Gasteiger partial charge in [0.05, 0.1) is 6.21 Å². The topological polar surface area (TPSA) is 53.9 Å². The summed E-state index contributed by atoms with van der Waals surface area (Å²) in [5.74, 6) is 0.435. The van der Waals surface area contributed by atoms with Crippen molar-refractivity contribution in [2.24, 2.45) is 5.10 Å². The first kappa shape index (κ1) is 21.5. The molecular weight excluding hydrogens is 350 g/mol. The second kappa shape index (κ2) is 11.1. The first-order valence-corrected chi connectivity index (χ1v) is 9.90. The fourth-order valence-electron chi connectivity index (χ4n) is 2.90. The zero-order valence-electron chi connectivity index (χ0n) is 17.4. The van der Waals surface area contributed by atoms with Gasteiger partial charge < -0.3 is 9.64 Å². The number of hydrogen-bond donors (Lipinski definition) is 1. The van der Waals surface area contributed by atoms with E-state index in [1.54, 1.807) is 6.21 Å². The molecule has 5 heteroatoms. The number of hydrazone groups is 1. The van der Waals surface area contributed by atoms with Gasteiger partial charge in [-0.15, -0.1) is 0 Å². The molecule has 0 bridgehead atoms. The van der Waals surface area contributed by atoms with E-state index in [0.717, 1.165) is 48.4 Å². The molecule has 1 amide bonds. The maximum Gasteiger partial charge on any atom is 0.277 e. The lowest BCUT2D eigenvalue weighted by Gasteiger charge is -2.23. The van der Waals surface area contributed by atoms with Gasteiger partial charge in [-0.05, 0) is 61.6 Å². The Balaban J connectivity index is 1.84. The number of aryl methyl sites for hydroxylation is 2. The maximum absolute atomic E-state index is 11.9. The second-order valence-corrected chi connectivity index (χ2v) is 6.93. The minimum absolute atomic E-state index is 0.0659. The number of amides is 1. The predicted molar refractivity (Wildman–Crippen MR) is 116 cm³/mol. The lowest BCUT2D eigenvalue weighted by atomic mass is 10.1. The molecule has 0 aromatic heterocycles. The third kappa shape index (κ3) is 6.72. The molecular formula is C23H31N3O2. The Labute approximate surface area is 168 Å². The summed E-state index contributed by atoms with van der Waals surface area (Å²) < 4.78 is 5.58. The summed E-state index contributed by atoms with van der Waals surface area (Å²) in [7, 11) is 0. The highest BCUT2D eigenvalue weighted by Gasteiger charge is 2.05. The normalized spacial score (nSPS) is 10.9. The van der Waals surface area contributed by atoms with Crippen molar-refractivity contribution in [3.05, 3.63) is 59.2 Å². The van der Waals surface area contributed by atoms with E-state index in [1.807, 2.05) is 44.2 Å². The standard InChI is InChI=1S/C23H31N3O2/c1-5-13-26(14-6-2)21-11-9-20(10-12-21)16-24-25-23(27)17-28-22-15-18(3)7-8-19(22)4/h7-12,15-16H,5-6,13-14,17H2,1-4H3,(H,25,27). The van der Waals surface area contributed by atoms with Crippen molar-refractivity contribution < 1.29 is 9.53 Å². The van der Waals surface area contributed by atoms with Crippen LogP contribution < -0.4 is 15.1 Å². The predicted octanol–water partition coefficient (Wildman–Crippen LogP) is 4.46. The Hall–Kier alpha value is -2.82. The fourth-order valence-corrected chi connectivity index (χ4v) is 2.90. The Kier molecular flexibility index (Phi) is 8.53. The number of benzene rings is 2. The zero-order valence-corrected chi connectivity index (χ0v) is 17.4. The van der Waals surface area contributed by atoms with Crippen molar-refractivity contribution in [2.75, 3.05) is 24.6 Å². The van der Waals surface area contributed by atoms with Crippen LogP contribution in [0.15, 0.2) is 47.6 Å². The molecule has 5 nitrogen and oxygen atoms in total. The van der Waals surface area contributed by atoms with Crippen molar-refractivity contribution in [1.82, 2.24) is 5.43 Å². The Morgan fingerprint density at radius 2 is 1.75 bits per heavy atom. The first-order chi connectivity index (χ1) is 13.5. The molecule has 2 aromatic carbocycles. The molecule has 0 aliphatic heterocycles. The van der Waals surface area contributed by atoms with Gasteiger partial charge in [-0.3, -0.25) is 4.79 Å². The van der Waals surface area contributed by atoms with Crippen molar-refractivity contribution in [2.45, 2.75) is 40.5 Å². The van der Waals surface area contributed by atoms with Gasteiger partial charge in [-0.2, -0.15) is 5.10 Å². The van der Waals surface area contributed by atoms with E-state index in [0.29, 0.717) is 0 Å². The summed E-state index contributed by atoms with van der Waals surface area (Å²) >= 11 is 0. The SMILES string of the molecule is CCCN(CCC)c1ccc(C=NNC(=O)COc2cc(C)ccc2C)cc1. The Morgan fingerprint density at radius 1 is 1.07 bits per heavy atom. The lowest BCUT2D eigenvalue weighted by Crippen LogP contribution is -2.25. The average molecular weight is 382 g/mol. The summed E-state index contributed by atoms with van der Waals surface area (Å²) in [6.45, 7) is 10.4. The molecule has 0 saturated carbocycles. The van der Waals surface area contributed by atoms with Crippen LogP contribution in [0, 0.1) is 13.8 Å². The molecule has 0 radical (unpaired) electrons. The van der Waals surface area contributed by atoms with Crippen LogP contribution in [0.5, 0.6) is 5.75 Å². The minimum Gasteiger partial charge on any atom is -0.483 e. The summed E-state index contributed by atoms with van der Waals surface area (Å²) in [4.78, 5) is 14.3. The fraction of sp³-hybridized carbons (Fsp3) is 0.391. The van der Waals surface area contributed by atoms with Crippen LogP contribution in [-0.2, 0) is 4.79 Å². The molecule has 150 valence electrons. The van der Waals surface area contributed by atoms with Gasteiger partial charge in [0.1, 0.15) is 5.75 Å². The van der Waals surface area contributed by atoms with Crippen molar-refractivity contribution in [3.8, 4) is 5.75 Å². The maximum atomic E-state index is 11.9. The zero-order chi connectivity index (χ0) is 20.4. The Morgan fingerprint density at radius 3 is 2.39 bits per heavy atom. The molecule has 1 N–H and O–H groups in total. The highest BCUT2D eigenvalue weighted by atomic mass is 16.5. The lowest BCUT2D eigenvalue weighted by molar-refractivity contribution is -0.123.